The summed E-state index contributed by atoms with van der Waals surface area (Å²) in [6, 6.07) is 16.9. The van der Waals surface area contributed by atoms with Gasteiger partial charge in [-0.05, 0) is 50.9 Å². The van der Waals surface area contributed by atoms with Crippen molar-refractivity contribution < 1.29 is 4.79 Å². The maximum absolute atomic E-state index is 13.1. The number of hydrogen-bond acceptors (Lipinski definition) is 3. The SMILES string of the molecule is Cc1ccc(C2=NN(C(=O)CN3CCCC3)C(c3ccc(C)cc3)C2)cc1. The van der Waals surface area contributed by atoms with Gasteiger partial charge in [0.1, 0.15) is 0 Å². The van der Waals surface area contributed by atoms with Gasteiger partial charge < -0.3 is 0 Å². The molecule has 4 rings (SSSR count). The molecule has 0 spiro atoms. The molecule has 1 saturated heterocycles. The molecule has 1 amide bonds. The number of carbonyl (C=O) groups is 1. The molecule has 2 aliphatic heterocycles. The standard InChI is InChI=1S/C23H27N3O/c1-17-5-9-19(10-6-17)21-15-22(20-11-7-18(2)8-12-20)26(24-21)23(27)16-25-13-3-4-14-25/h5-12,22H,3-4,13-16H2,1-2H3. The molecular weight excluding hydrogens is 334 g/mol. The van der Waals surface area contributed by atoms with Gasteiger partial charge in [-0.15, -0.1) is 0 Å². The van der Waals surface area contributed by atoms with Gasteiger partial charge in [-0.3, -0.25) is 9.69 Å². The van der Waals surface area contributed by atoms with Gasteiger partial charge in [0.25, 0.3) is 5.91 Å². The molecule has 140 valence electrons. The second kappa shape index (κ2) is 7.65. The topological polar surface area (TPSA) is 35.9 Å². The molecule has 0 radical (unpaired) electrons. The number of aryl methyl sites for hydroxylation is 2. The van der Waals surface area contributed by atoms with Crippen molar-refractivity contribution in [3.63, 3.8) is 0 Å². The molecule has 0 aromatic heterocycles. The first-order valence-corrected chi connectivity index (χ1v) is 9.85. The number of hydrogen-bond donors (Lipinski definition) is 0. The number of likely N-dealkylation sites (tertiary alicyclic amines) is 1. The summed E-state index contributed by atoms with van der Waals surface area (Å²) in [6.07, 6.45) is 3.14. The summed E-state index contributed by atoms with van der Waals surface area (Å²) in [5, 5.41) is 6.52. The minimum absolute atomic E-state index is 0.0167. The molecule has 1 unspecified atom stereocenters. The Kier molecular flexibility index (Phi) is 5.08. The number of carbonyl (C=O) groups excluding carboxylic acids is 1. The lowest BCUT2D eigenvalue weighted by Crippen LogP contribution is -2.36. The van der Waals surface area contributed by atoms with Crippen molar-refractivity contribution in [3.8, 4) is 0 Å². The van der Waals surface area contributed by atoms with Crippen molar-refractivity contribution >= 4 is 11.6 Å². The first-order valence-electron chi connectivity index (χ1n) is 9.85. The quantitative estimate of drug-likeness (QED) is 0.823. The van der Waals surface area contributed by atoms with E-state index in [9.17, 15) is 4.79 Å². The van der Waals surface area contributed by atoms with Crippen LogP contribution in [0.1, 0.15) is 47.6 Å². The number of amides is 1. The highest BCUT2D eigenvalue weighted by molar-refractivity contribution is 6.03. The van der Waals surface area contributed by atoms with Crippen LogP contribution in [0.4, 0.5) is 0 Å². The minimum atomic E-state index is -0.0167. The maximum atomic E-state index is 13.1. The third-order valence-corrected chi connectivity index (χ3v) is 5.57. The van der Waals surface area contributed by atoms with E-state index in [0.29, 0.717) is 6.54 Å². The zero-order valence-electron chi connectivity index (χ0n) is 16.2. The third-order valence-electron chi connectivity index (χ3n) is 5.57. The predicted molar refractivity (Wildman–Crippen MR) is 109 cm³/mol. The lowest BCUT2D eigenvalue weighted by molar-refractivity contribution is -0.134. The van der Waals surface area contributed by atoms with Crippen LogP contribution in [0.3, 0.4) is 0 Å². The van der Waals surface area contributed by atoms with Crippen LogP contribution in [0.15, 0.2) is 53.6 Å². The highest BCUT2D eigenvalue weighted by Crippen LogP contribution is 2.33. The van der Waals surface area contributed by atoms with Gasteiger partial charge in [0, 0.05) is 6.42 Å². The summed E-state index contributed by atoms with van der Waals surface area (Å²) in [5.41, 5.74) is 5.71. The average Bonchev–Trinajstić information content (AvgIpc) is 3.33. The molecule has 2 aromatic rings. The van der Waals surface area contributed by atoms with Crippen molar-refractivity contribution in [1.29, 1.82) is 0 Å². The van der Waals surface area contributed by atoms with E-state index >= 15 is 0 Å². The second-order valence-electron chi connectivity index (χ2n) is 7.76. The Morgan fingerprint density at radius 2 is 1.56 bits per heavy atom. The smallest absolute Gasteiger partial charge is 0.257 e. The summed E-state index contributed by atoms with van der Waals surface area (Å²) >= 11 is 0. The predicted octanol–water partition coefficient (Wildman–Crippen LogP) is 4.08. The Balaban J connectivity index is 1.61. The van der Waals surface area contributed by atoms with Crippen LogP contribution in [-0.2, 0) is 4.79 Å². The molecule has 2 heterocycles. The van der Waals surface area contributed by atoms with Crippen LogP contribution < -0.4 is 0 Å². The Morgan fingerprint density at radius 1 is 0.963 bits per heavy atom. The average molecular weight is 361 g/mol. The lowest BCUT2D eigenvalue weighted by Gasteiger charge is -2.24. The lowest BCUT2D eigenvalue weighted by atomic mass is 9.97. The third kappa shape index (κ3) is 3.96. The van der Waals surface area contributed by atoms with Crippen LogP contribution in [-0.4, -0.2) is 41.2 Å². The molecular formula is C23H27N3O. The zero-order valence-corrected chi connectivity index (χ0v) is 16.2. The minimum Gasteiger partial charge on any atom is -0.294 e. The number of rotatable bonds is 4. The van der Waals surface area contributed by atoms with E-state index in [2.05, 4.69) is 67.3 Å². The summed E-state index contributed by atoms with van der Waals surface area (Å²) in [7, 11) is 0. The zero-order chi connectivity index (χ0) is 18.8. The van der Waals surface area contributed by atoms with Crippen molar-refractivity contribution in [3.05, 3.63) is 70.8 Å². The Morgan fingerprint density at radius 3 is 2.19 bits per heavy atom. The fourth-order valence-electron chi connectivity index (χ4n) is 3.91. The fourth-order valence-corrected chi connectivity index (χ4v) is 3.91. The first kappa shape index (κ1) is 17.9. The Bertz CT molecular complexity index is 833. The van der Waals surface area contributed by atoms with E-state index in [0.717, 1.165) is 36.3 Å². The van der Waals surface area contributed by atoms with E-state index < -0.39 is 0 Å². The molecule has 2 aliphatic rings. The number of hydrazone groups is 1. The second-order valence-corrected chi connectivity index (χ2v) is 7.76. The molecule has 0 N–H and O–H groups in total. The Hall–Kier alpha value is -2.46. The normalized spacial score (nSPS) is 20.1. The highest BCUT2D eigenvalue weighted by atomic mass is 16.2. The van der Waals surface area contributed by atoms with Crippen molar-refractivity contribution in [2.45, 2.75) is 39.2 Å². The molecule has 27 heavy (non-hydrogen) atoms. The molecule has 0 saturated carbocycles. The Labute approximate surface area is 161 Å². The maximum Gasteiger partial charge on any atom is 0.257 e. The summed E-state index contributed by atoms with van der Waals surface area (Å²) in [4.78, 5) is 15.3. The van der Waals surface area contributed by atoms with Crippen molar-refractivity contribution in [2.75, 3.05) is 19.6 Å². The van der Waals surface area contributed by atoms with Gasteiger partial charge in [-0.1, -0.05) is 59.7 Å². The highest BCUT2D eigenvalue weighted by Gasteiger charge is 2.33. The first-order chi connectivity index (χ1) is 13.1. The van der Waals surface area contributed by atoms with Crippen molar-refractivity contribution in [2.24, 2.45) is 5.10 Å². The monoisotopic (exact) mass is 361 g/mol. The number of benzene rings is 2. The van der Waals surface area contributed by atoms with Crippen LogP contribution in [0.2, 0.25) is 0 Å². The van der Waals surface area contributed by atoms with Gasteiger partial charge in [0.2, 0.25) is 0 Å². The van der Waals surface area contributed by atoms with Gasteiger partial charge in [0.05, 0.1) is 18.3 Å². The van der Waals surface area contributed by atoms with Crippen LogP contribution in [0.5, 0.6) is 0 Å². The van der Waals surface area contributed by atoms with Crippen LogP contribution in [0, 0.1) is 13.8 Å². The van der Waals surface area contributed by atoms with Crippen LogP contribution in [0.25, 0.3) is 0 Å². The van der Waals surface area contributed by atoms with Gasteiger partial charge in [-0.25, -0.2) is 5.01 Å². The molecule has 1 fully saturated rings. The van der Waals surface area contributed by atoms with E-state index in [4.69, 9.17) is 5.10 Å². The van der Waals surface area contributed by atoms with E-state index in [1.807, 2.05) is 0 Å². The molecule has 4 nitrogen and oxygen atoms in total. The summed E-state index contributed by atoms with van der Waals surface area (Å²) < 4.78 is 0. The molecule has 4 heteroatoms. The molecule has 0 aliphatic carbocycles. The van der Waals surface area contributed by atoms with E-state index in [1.54, 1.807) is 5.01 Å². The fraction of sp³-hybridized carbons (Fsp3) is 0.391. The number of nitrogens with zero attached hydrogens (tertiary/aromatic N) is 3. The van der Waals surface area contributed by atoms with Gasteiger partial charge in [-0.2, -0.15) is 5.10 Å². The largest absolute Gasteiger partial charge is 0.294 e. The van der Waals surface area contributed by atoms with Crippen molar-refractivity contribution in [1.82, 2.24) is 9.91 Å². The molecule has 1 atom stereocenters. The van der Waals surface area contributed by atoms with Gasteiger partial charge in [0.15, 0.2) is 0 Å². The van der Waals surface area contributed by atoms with Crippen LogP contribution >= 0.6 is 0 Å². The summed E-state index contributed by atoms with van der Waals surface area (Å²) in [5.74, 6) is 0.101. The molecule has 2 aromatic carbocycles. The van der Waals surface area contributed by atoms with Gasteiger partial charge >= 0.3 is 0 Å². The molecule has 0 bridgehead atoms. The van der Waals surface area contributed by atoms with E-state index in [-0.39, 0.29) is 11.9 Å². The summed E-state index contributed by atoms with van der Waals surface area (Å²) in [6.45, 7) is 6.67. The van der Waals surface area contributed by atoms with E-state index in [1.165, 1.54) is 24.0 Å².